The summed E-state index contributed by atoms with van der Waals surface area (Å²) < 4.78 is 4.73. The van der Waals surface area contributed by atoms with Crippen LogP contribution in [0.4, 0.5) is 0 Å². The van der Waals surface area contributed by atoms with Gasteiger partial charge in [0.05, 0.1) is 13.0 Å². The third-order valence-corrected chi connectivity index (χ3v) is 2.81. The Balaban J connectivity index is 2.42. The van der Waals surface area contributed by atoms with Crippen molar-refractivity contribution < 1.29 is 14.3 Å². The minimum Gasteiger partial charge on any atom is -0.466 e. The van der Waals surface area contributed by atoms with Gasteiger partial charge in [-0.25, -0.2) is 4.79 Å². The fraction of sp³-hybridized carbons (Fsp3) is 0.538. The minimum absolute atomic E-state index is 0.0960. The lowest BCUT2D eigenvalue weighted by atomic mass is 10.1. The number of H-pyrrole nitrogens is 2. The van der Waals surface area contributed by atoms with Gasteiger partial charge in [0.1, 0.15) is 0 Å². The first-order valence-electron chi connectivity index (χ1n) is 6.68. The number of carbonyl (C=O) groups excluding carboxylic acids is 2. The number of esters is 1. The number of carbonyl (C=O) groups is 2. The molecule has 1 aromatic heterocycles. The highest BCUT2D eigenvalue weighted by atomic mass is 16.5. The fourth-order valence-electron chi connectivity index (χ4n) is 1.79. The second-order valence-corrected chi connectivity index (χ2v) is 4.42. The molecule has 0 spiro atoms. The number of rotatable bonds is 7. The van der Waals surface area contributed by atoms with Gasteiger partial charge in [-0.15, -0.1) is 0 Å². The number of hydrogen-bond donors (Lipinski definition) is 3. The summed E-state index contributed by atoms with van der Waals surface area (Å²) in [6.45, 7) is 3.81. The summed E-state index contributed by atoms with van der Waals surface area (Å²) in [5, 5.41) is 2.57. The molecule has 0 aromatic carbocycles. The standard InChI is InChI=1S/C13H19N3O5/c1-3-21-11(18)6-7-14-10(17)5-4-9-8(2)15-13(20)16-12(9)19/h3-7H2,1-2H3,(H,14,17)(H2,15,16,19,20). The highest BCUT2D eigenvalue weighted by molar-refractivity contribution is 5.77. The van der Waals surface area contributed by atoms with Gasteiger partial charge in [-0.05, 0) is 20.3 Å². The molecule has 116 valence electrons. The van der Waals surface area contributed by atoms with E-state index in [0.29, 0.717) is 17.9 Å². The van der Waals surface area contributed by atoms with E-state index in [2.05, 4.69) is 15.3 Å². The monoisotopic (exact) mass is 297 g/mol. The average Bonchev–Trinajstić information content (AvgIpc) is 2.37. The van der Waals surface area contributed by atoms with Gasteiger partial charge in [-0.1, -0.05) is 0 Å². The summed E-state index contributed by atoms with van der Waals surface area (Å²) in [6.07, 6.45) is 0.416. The fourth-order valence-corrected chi connectivity index (χ4v) is 1.79. The number of hydrogen-bond acceptors (Lipinski definition) is 5. The van der Waals surface area contributed by atoms with E-state index >= 15 is 0 Å². The third kappa shape index (κ3) is 5.64. The van der Waals surface area contributed by atoms with Crippen LogP contribution < -0.4 is 16.6 Å². The smallest absolute Gasteiger partial charge is 0.325 e. The van der Waals surface area contributed by atoms with Gasteiger partial charge in [-0.2, -0.15) is 0 Å². The summed E-state index contributed by atoms with van der Waals surface area (Å²) in [6, 6.07) is 0. The molecule has 1 aromatic rings. The number of ether oxygens (including phenoxy) is 1. The largest absolute Gasteiger partial charge is 0.466 e. The molecule has 1 heterocycles. The molecule has 8 heteroatoms. The number of aromatic amines is 2. The first-order chi connectivity index (χ1) is 9.93. The third-order valence-electron chi connectivity index (χ3n) is 2.81. The lowest BCUT2D eigenvalue weighted by Crippen LogP contribution is -2.30. The second kappa shape index (κ2) is 8.03. The quantitative estimate of drug-likeness (QED) is 0.579. The van der Waals surface area contributed by atoms with Gasteiger partial charge >= 0.3 is 11.7 Å². The molecule has 0 saturated heterocycles. The first-order valence-corrected chi connectivity index (χ1v) is 6.68. The molecule has 21 heavy (non-hydrogen) atoms. The van der Waals surface area contributed by atoms with Crippen LogP contribution in [-0.4, -0.2) is 35.0 Å². The highest BCUT2D eigenvalue weighted by Crippen LogP contribution is 1.99. The van der Waals surface area contributed by atoms with Gasteiger partial charge in [0.2, 0.25) is 5.91 Å². The number of amides is 1. The molecule has 0 fully saturated rings. The SMILES string of the molecule is CCOC(=O)CCNC(=O)CCc1c(C)[nH]c(=O)[nH]c1=O. The molecule has 8 nitrogen and oxygen atoms in total. The minimum atomic E-state index is -0.569. The Kier molecular flexibility index (Phi) is 6.38. The zero-order valence-electron chi connectivity index (χ0n) is 12.1. The molecule has 0 aliphatic rings. The van der Waals surface area contributed by atoms with E-state index in [0.717, 1.165) is 0 Å². The summed E-state index contributed by atoms with van der Waals surface area (Å²) >= 11 is 0. The van der Waals surface area contributed by atoms with E-state index in [1.807, 2.05) is 0 Å². The summed E-state index contributed by atoms with van der Waals surface area (Å²) in [7, 11) is 0. The Hall–Kier alpha value is -2.38. The van der Waals surface area contributed by atoms with Crippen LogP contribution in [0.2, 0.25) is 0 Å². The van der Waals surface area contributed by atoms with Gasteiger partial charge in [0, 0.05) is 24.2 Å². The molecule has 0 aliphatic heterocycles. The van der Waals surface area contributed by atoms with E-state index in [-0.39, 0.29) is 37.7 Å². The Bertz CT molecular complexity index is 617. The summed E-state index contributed by atoms with van der Waals surface area (Å²) in [4.78, 5) is 49.9. The number of nitrogens with one attached hydrogen (secondary N) is 3. The van der Waals surface area contributed by atoms with E-state index in [9.17, 15) is 19.2 Å². The second-order valence-electron chi connectivity index (χ2n) is 4.42. The zero-order valence-corrected chi connectivity index (χ0v) is 12.1. The van der Waals surface area contributed by atoms with Crippen LogP contribution in [-0.2, 0) is 20.7 Å². The molecule has 3 N–H and O–H groups in total. The van der Waals surface area contributed by atoms with Crippen molar-refractivity contribution in [3.05, 3.63) is 32.1 Å². The van der Waals surface area contributed by atoms with E-state index in [1.54, 1.807) is 13.8 Å². The molecule has 0 atom stereocenters. The van der Waals surface area contributed by atoms with E-state index in [1.165, 1.54) is 0 Å². The van der Waals surface area contributed by atoms with Crippen molar-refractivity contribution in [1.29, 1.82) is 0 Å². The summed E-state index contributed by atoms with van der Waals surface area (Å²) in [5.74, 6) is -0.643. The van der Waals surface area contributed by atoms with Crippen LogP contribution in [0.5, 0.6) is 0 Å². The van der Waals surface area contributed by atoms with Gasteiger partial charge in [-0.3, -0.25) is 19.4 Å². The van der Waals surface area contributed by atoms with Crippen molar-refractivity contribution in [3.8, 4) is 0 Å². The predicted molar refractivity (Wildman–Crippen MR) is 75.0 cm³/mol. The van der Waals surface area contributed by atoms with Crippen molar-refractivity contribution in [2.75, 3.05) is 13.2 Å². The van der Waals surface area contributed by atoms with Crippen LogP contribution in [0.3, 0.4) is 0 Å². The number of aryl methyl sites for hydroxylation is 1. The lowest BCUT2D eigenvalue weighted by Gasteiger charge is -2.06. The molecule has 0 aliphatic carbocycles. The van der Waals surface area contributed by atoms with E-state index in [4.69, 9.17) is 4.74 Å². The Morgan fingerprint density at radius 1 is 1.19 bits per heavy atom. The molecular formula is C13H19N3O5. The van der Waals surface area contributed by atoms with Gasteiger partial charge < -0.3 is 15.0 Å². The van der Waals surface area contributed by atoms with Crippen LogP contribution >= 0.6 is 0 Å². The van der Waals surface area contributed by atoms with Crippen LogP contribution in [0, 0.1) is 6.92 Å². The van der Waals surface area contributed by atoms with E-state index < -0.39 is 11.2 Å². The van der Waals surface area contributed by atoms with Crippen LogP contribution in [0.25, 0.3) is 0 Å². The maximum atomic E-state index is 11.6. The zero-order chi connectivity index (χ0) is 15.8. The summed E-state index contributed by atoms with van der Waals surface area (Å²) in [5.41, 5.74) is -0.242. The topological polar surface area (TPSA) is 121 Å². The Morgan fingerprint density at radius 3 is 2.52 bits per heavy atom. The average molecular weight is 297 g/mol. The maximum Gasteiger partial charge on any atom is 0.325 e. The van der Waals surface area contributed by atoms with Crippen molar-refractivity contribution in [2.24, 2.45) is 0 Å². The lowest BCUT2D eigenvalue weighted by molar-refractivity contribution is -0.143. The van der Waals surface area contributed by atoms with Crippen LogP contribution in [0.1, 0.15) is 31.0 Å². The molecule has 0 unspecified atom stereocenters. The molecule has 0 bridgehead atoms. The number of aromatic nitrogens is 2. The molecular weight excluding hydrogens is 278 g/mol. The van der Waals surface area contributed by atoms with Crippen molar-refractivity contribution in [3.63, 3.8) is 0 Å². The Labute approximate surface area is 120 Å². The highest BCUT2D eigenvalue weighted by Gasteiger charge is 2.09. The predicted octanol–water partition coefficient (Wildman–Crippen LogP) is -0.626. The molecule has 1 amide bonds. The van der Waals surface area contributed by atoms with Gasteiger partial charge in [0.15, 0.2) is 0 Å². The molecule has 1 rings (SSSR count). The van der Waals surface area contributed by atoms with Crippen molar-refractivity contribution in [1.82, 2.24) is 15.3 Å². The Morgan fingerprint density at radius 2 is 1.90 bits per heavy atom. The molecule has 0 radical (unpaired) electrons. The van der Waals surface area contributed by atoms with Crippen molar-refractivity contribution in [2.45, 2.75) is 33.1 Å². The van der Waals surface area contributed by atoms with Crippen molar-refractivity contribution >= 4 is 11.9 Å². The van der Waals surface area contributed by atoms with Crippen LogP contribution in [0.15, 0.2) is 9.59 Å². The van der Waals surface area contributed by atoms with Gasteiger partial charge in [0.25, 0.3) is 5.56 Å². The molecule has 0 saturated carbocycles. The normalized spacial score (nSPS) is 10.2. The first kappa shape index (κ1) is 16.7. The maximum absolute atomic E-state index is 11.6.